The quantitative estimate of drug-likeness (QED) is 0.846. The average Bonchev–Trinajstić information content (AvgIpc) is 2.28. The second kappa shape index (κ2) is 5.05. The van der Waals surface area contributed by atoms with Gasteiger partial charge in [-0.25, -0.2) is 0 Å². The van der Waals surface area contributed by atoms with Crippen molar-refractivity contribution in [3.8, 4) is 0 Å². The van der Waals surface area contributed by atoms with Crippen LogP contribution in [-0.4, -0.2) is 26.2 Å². The first-order chi connectivity index (χ1) is 7.77. The SMILES string of the molecule is Cl.Clc1ccc(N2CCC3(CC2)CNC3)cc1. The lowest BCUT2D eigenvalue weighted by molar-refractivity contribution is 0.126. The predicted molar refractivity (Wildman–Crippen MR) is 75.4 cm³/mol. The Balaban J connectivity index is 0.00000108. The monoisotopic (exact) mass is 272 g/mol. The second-order valence-electron chi connectivity index (χ2n) is 5.07. The molecule has 3 rings (SSSR count). The number of halogens is 2. The third kappa shape index (κ3) is 2.54. The summed E-state index contributed by atoms with van der Waals surface area (Å²) in [4.78, 5) is 2.47. The van der Waals surface area contributed by atoms with Gasteiger partial charge in [0.2, 0.25) is 0 Å². The van der Waals surface area contributed by atoms with Crippen LogP contribution >= 0.6 is 24.0 Å². The Morgan fingerprint density at radius 3 is 2.12 bits per heavy atom. The molecule has 4 heteroatoms. The van der Waals surface area contributed by atoms with Crippen molar-refractivity contribution in [3.05, 3.63) is 29.3 Å². The number of rotatable bonds is 1. The Morgan fingerprint density at radius 2 is 1.65 bits per heavy atom. The second-order valence-corrected chi connectivity index (χ2v) is 5.50. The van der Waals surface area contributed by atoms with Crippen molar-refractivity contribution in [3.63, 3.8) is 0 Å². The number of benzene rings is 1. The molecule has 2 aliphatic heterocycles. The predicted octanol–water partition coefficient (Wildman–Crippen LogP) is 2.95. The fraction of sp³-hybridized carbons (Fsp3) is 0.538. The van der Waals surface area contributed by atoms with E-state index in [1.54, 1.807) is 0 Å². The Bertz CT molecular complexity index is 364. The van der Waals surface area contributed by atoms with Crippen molar-refractivity contribution in [2.75, 3.05) is 31.1 Å². The van der Waals surface area contributed by atoms with Crippen molar-refractivity contribution in [1.82, 2.24) is 5.32 Å². The molecule has 0 aliphatic carbocycles. The molecule has 0 bridgehead atoms. The number of hydrogen-bond donors (Lipinski definition) is 1. The molecule has 17 heavy (non-hydrogen) atoms. The van der Waals surface area contributed by atoms with Gasteiger partial charge in [0.25, 0.3) is 0 Å². The molecule has 0 aromatic heterocycles. The molecule has 1 aromatic carbocycles. The first-order valence-corrected chi connectivity index (χ1v) is 6.37. The van der Waals surface area contributed by atoms with E-state index in [4.69, 9.17) is 11.6 Å². The highest BCUT2D eigenvalue weighted by atomic mass is 35.5. The van der Waals surface area contributed by atoms with Gasteiger partial charge in [-0.15, -0.1) is 12.4 Å². The first kappa shape index (κ1) is 13.0. The Kier molecular flexibility index (Phi) is 3.86. The van der Waals surface area contributed by atoms with Crippen LogP contribution in [0.2, 0.25) is 5.02 Å². The van der Waals surface area contributed by atoms with E-state index in [0.717, 1.165) is 5.02 Å². The van der Waals surface area contributed by atoms with Gasteiger partial charge < -0.3 is 10.2 Å². The van der Waals surface area contributed by atoms with Gasteiger partial charge in [0.15, 0.2) is 0 Å². The van der Waals surface area contributed by atoms with E-state index in [1.807, 2.05) is 12.1 Å². The normalized spacial score (nSPS) is 21.8. The molecule has 0 atom stereocenters. The maximum absolute atomic E-state index is 5.90. The van der Waals surface area contributed by atoms with Crippen LogP contribution in [0.3, 0.4) is 0 Å². The van der Waals surface area contributed by atoms with E-state index in [0.29, 0.717) is 5.41 Å². The molecule has 94 valence electrons. The summed E-state index contributed by atoms with van der Waals surface area (Å²) in [6.45, 7) is 4.82. The Morgan fingerprint density at radius 1 is 1.06 bits per heavy atom. The zero-order valence-electron chi connectivity index (χ0n) is 9.79. The van der Waals surface area contributed by atoms with Crippen LogP contribution in [0.4, 0.5) is 5.69 Å². The molecular weight excluding hydrogens is 255 g/mol. The fourth-order valence-electron chi connectivity index (χ4n) is 2.72. The molecule has 2 saturated heterocycles. The van der Waals surface area contributed by atoms with Crippen LogP contribution in [-0.2, 0) is 0 Å². The molecule has 0 radical (unpaired) electrons. The van der Waals surface area contributed by atoms with Crippen molar-refractivity contribution < 1.29 is 0 Å². The first-order valence-electron chi connectivity index (χ1n) is 5.99. The van der Waals surface area contributed by atoms with Crippen molar-refractivity contribution in [1.29, 1.82) is 0 Å². The third-order valence-electron chi connectivity index (χ3n) is 4.02. The minimum Gasteiger partial charge on any atom is -0.371 e. The Hall–Kier alpha value is -0.440. The van der Waals surface area contributed by atoms with Crippen LogP contribution in [0.15, 0.2) is 24.3 Å². The number of hydrogen-bond acceptors (Lipinski definition) is 2. The number of piperidine rings is 1. The van der Waals surface area contributed by atoms with E-state index in [9.17, 15) is 0 Å². The Labute approximate surface area is 114 Å². The summed E-state index contributed by atoms with van der Waals surface area (Å²) in [5, 5.41) is 4.22. The molecule has 2 nitrogen and oxygen atoms in total. The summed E-state index contributed by atoms with van der Waals surface area (Å²) in [5.41, 5.74) is 1.94. The van der Waals surface area contributed by atoms with E-state index in [2.05, 4.69) is 22.3 Å². The van der Waals surface area contributed by atoms with E-state index < -0.39 is 0 Å². The highest BCUT2D eigenvalue weighted by Gasteiger charge is 2.39. The molecule has 1 N–H and O–H groups in total. The molecular formula is C13H18Cl2N2. The van der Waals surface area contributed by atoms with Crippen molar-refractivity contribution in [2.45, 2.75) is 12.8 Å². The molecule has 2 aliphatic rings. The van der Waals surface area contributed by atoms with Crippen molar-refractivity contribution >= 4 is 29.7 Å². The molecule has 0 unspecified atom stereocenters. The molecule has 0 saturated carbocycles. The van der Waals surface area contributed by atoms with Gasteiger partial charge in [-0.3, -0.25) is 0 Å². The minimum atomic E-state index is 0. The fourth-order valence-corrected chi connectivity index (χ4v) is 2.85. The third-order valence-corrected chi connectivity index (χ3v) is 4.27. The highest BCUT2D eigenvalue weighted by Crippen LogP contribution is 2.36. The van der Waals surface area contributed by atoms with E-state index >= 15 is 0 Å². The molecule has 1 aromatic rings. The van der Waals surface area contributed by atoms with Crippen LogP contribution in [0.25, 0.3) is 0 Å². The lowest BCUT2D eigenvalue weighted by atomic mass is 9.73. The standard InChI is InChI=1S/C13H17ClN2.ClH/c14-11-1-3-12(4-2-11)16-7-5-13(6-8-16)9-15-10-13;/h1-4,15H,5-10H2;1H. The highest BCUT2D eigenvalue weighted by molar-refractivity contribution is 6.30. The zero-order chi connectivity index (χ0) is 11.0. The molecule has 1 spiro atoms. The smallest absolute Gasteiger partial charge is 0.0407 e. The lowest BCUT2D eigenvalue weighted by Gasteiger charge is -2.49. The van der Waals surface area contributed by atoms with Crippen LogP contribution in [0.1, 0.15) is 12.8 Å². The van der Waals surface area contributed by atoms with Gasteiger partial charge in [-0.1, -0.05) is 11.6 Å². The lowest BCUT2D eigenvalue weighted by Crippen LogP contribution is -2.58. The average molecular weight is 273 g/mol. The van der Waals surface area contributed by atoms with E-state index in [-0.39, 0.29) is 12.4 Å². The van der Waals surface area contributed by atoms with Gasteiger partial charge >= 0.3 is 0 Å². The number of nitrogens with zero attached hydrogens (tertiary/aromatic N) is 1. The zero-order valence-corrected chi connectivity index (χ0v) is 11.4. The van der Waals surface area contributed by atoms with Gasteiger partial charge in [-0.2, -0.15) is 0 Å². The van der Waals surface area contributed by atoms with Crippen LogP contribution < -0.4 is 10.2 Å². The summed E-state index contributed by atoms with van der Waals surface area (Å²) in [5.74, 6) is 0. The summed E-state index contributed by atoms with van der Waals surface area (Å²) in [6, 6.07) is 8.21. The maximum Gasteiger partial charge on any atom is 0.0407 e. The van der Waals surface area contributed by atoms with Crippen LogP contribution in [0, 0.1) is 5.41 Å². The van der Waals surface area contributed by atoms with Gasteiger partial charge in [0.05, 0.1) is 0 Å². The maximum atomic E-state index is 5.90. The summed E-state index contributed by atoms with van der Waals surface area (Å²) < 4.78 is 0. The largest absolute Gasteiger partial charge is 0.371 e. The topological polar surface area (TPSA) is 15.3 Å². The molecule has 2 heterocycles. The molecule has 0 amide bonds. The molecule has 2 fully saturated rings. The summed E-state index contributed by atoms with van der Waals surface area (Å²) >= 11 is 5.90. The van der Waals surface area contributed by atoms with Gasteiger partial charge in [-0.05, 0) is 42.5 Å². The van der Waals surface area contributed by atoms with E-state index in [1.165, 1.54) is 44.7 Å². The summed E-state index contributed by atoms with van der Waals surface area (Å²) in [7, 11) is 0. The number of nitrogens with one attached hydrogen (secondary N) is 1. The van der Waals surface area contributed by atoms with Gasteiger partial charge in [0, 0.05) is 36.9 Å². The van der Waals surface area contributed by atoms with Gasteiger partial charge in [0.1, 0.15) is 0 Å². The number of anilines is 1. The minimum absolute atomic E-state index is 0. The van der Waals surface area contributed by atoms with Crippen LogP contribution in [0.5, 0.6) is 0 Å². The van der Waals surface area contributed by atoms with Crippen molar-refractivity contribution in [2.24, 2.45) is 5.41 Å². The summed E-state index contributed by atoms with van der Waals surface area (Å²) in [6.07, 6.45) is 2.64.